The van der Waals surface area contributed by atoms with Crippen LogP contribution in [0.15, 0.2) is 84.5 Å². The Kier molecular flexibility index (Phi) is 17.6. The predicted molar refractivity (Wildman–Crippen MR) is 210 cm³/mol. The molecule has 2 heterocycles. The van der Waals surface area contributed by atoms with Crippen LogP contribution in [-0.2, 0) is 30.0 Å². The topological polar surface area (TPSA) is 75.6 Å². The van der Waals surface area contributed by atoms with Crippen molar-refractivity contribution in [2.24, 2.45) is 0 Å². The number of ether oxygens (including phenoxy) is 5. The van der Waals surface area contributed by atoms with Gasteiger partial charge in [-0.15, -0.1) is 12.3 Å². The van der Waals surface area contributed by atoms with E-state index < -0.39 is 14.4 Å². The van der Waals surface area contributed by atoms with Crippen molar-refractivity contribution in [1.29, 1.82) is 0 Å². The van der Waals surface area contributed by atoms with E-state index in [1.165, 1.54) is 5.57 Å². The summed E-state index contributed by atoms with van der Waals surface area (Å²) in [6, 6.07) is 7.94. The normalized spacial score (nSPS) is 23.2. The molecule has 7 nitrogen and oxygen atoms in total. The van der Waals surface area contributed by atoms with Gasteiger partial charge in [-0.1, -0.05) is 93.2 Å². The minimum Gasteiger partial charge on any atom is -0.497 e. The largest absolute Gasteiger partial charge is 0.497 e. The van der Waals surface area contributed by atoms with Crippen LogP contribution in [0.5, 0.6) is 5.75 Å². The van der Waals surface area contributed by atoms with Gasteiger partial charge in [0.2, 0.25) is 0 Å². The lowest BCUT2D eigenvalue weighted by Gasteiger charge is -2.40. The monoisotopic (exact) mass is 720 g/mol. The molecule has 0 bridgehead atoms. The van der Waals surface area contributed by atoms with E-state index in [-0.39, 0.29) is 41.7 Å². The Labute approximate surface area is 309 Å². The summed E-state index contributed by atoms with van der Waals surface area (Å²) in [7, 11) is 1.17. The minimum absolute atomic E-state index is 0.00275. The molecule has 2 aliphatic heterocycles. The van der Waals surface area contributed by atoms with Gasteiger partial charge in [-0.2, -0.15) is 0 Å². The summed E-state index contributed by atoms with van der Waals surface area (Å²) < 4.78 is 36.9. The van der Waals surface area contributed by atoms with Gasteiger partial charge in [-0.05, 0) is 81.3 Å². The fourth-order valence-electron chi connectivity index (χ4n) is 5.90. The zero-order chi connectivity index (χ0) is 37.4. The summed E-state index contributed by atoms with van der Waals surface area (Å²) in [5, 5.41) is 11.0. The van der Waals surface area contributed by atoms with Gasteiger partial charge in [0.25, 0.3) is 0 Å². The first-order chi connectivity index (χ1) is 24.2. The standard InChI is InChI=1S/C43H64O7Si/c1-11-14-37-23-25-39(46-8)41(49-37)18-12-15-32(2)29-35(44)16-13-17-40(48-31-34-19-21-36(45-7)22-20-34)42(50-51(9,10)43(4,5)6)26-24-38-30-33(3)27-28-47-38/h1,13,16,19-27,35,37-42,44H,2,12,14-15,17-18,28-31H2,3-10H3. The van der Waals surface area contributed by atoms with Crippen molar-refractivity contribution in [1.82, 2.24) is 0 Å². The molecule has 0 amide bonds. The number of hydrogen-bond acceptors (Lipinski definition) is 7. The SMILES string of the molecule is C#CCC1C=CC(OC)C(CCCC(=C)CC(O)C=CCC(OCc2ccc(OC)cc2)C(C=CC2CC(C)=CCO2)O[Si](C)(C)C(C)(C)C)O1. The van der Waals surface area contributed by atoms with Gasteiger partial charge in [-0.3, -0.25) is 0 Å². The molecule has 1 aromatic rings. The summed E-state index contributed by atoms with van der Waals surface area (Å²) >= 11 is 0. The van der Waals surface area contributed by atoms with Crippen LogP contribution >= 0.6 is 0 Å². The zero-order valence-corrected chi connectivity index (χ0v) is 33.4. The number of rotatable bonds is 20. The lowest BCUT2D eigenvalue weighted by Crippen LogP contribution is -2.47. The Morgan fingerprint density at radius 2 is 1.90 bits per heavy atom. The fraction of sp³-hybridized carbons (Fsp3) is 0.581. The average molecular weight is 721 g/mol. The van der Waals surface area contributed by atoms with Crippen LogP contribution in [0.2, 0.25) is 18.1 Å². The Morgan fingerprint density at radius 3 is 2.55 bits per heavy atom. The number of aliphatic hydroxyl groups is 1. The lowest BCUT2D eigenvalue weighted by atomic mass is 9.98. The number of benzene rings is 1. The third-order valence-electron chi connectivity index (χ3n) is 10.1. The maximum atomic E-state index is 11.0. The van der Waals surface area contributed by atoms with Crippen LogP contribution in [0, 0.1) is 12.3 Å². The Balaban J connectivity index is 1.69. The zero-order valence-electron chi connectivity index (χ0n) is 32.4. The van der Waals surface area contributed by atoms with Gasteiger partial charge in [0.15, 0.2) is 8.32 Å². The van der Waals surface area contributed by atoms with Crippen LogP contribution in [0.3, 0.4) is 0 Å². The Hall–Kier alpha value is -2.74. The highest BCUT2D eigenvalue weighted by Gasteiger charge is 2.40. The summed E-state index contributed by atoms with van der Waals surface area (Å²) in [5.74, 6) is 3.48. The average Bonchev–Trinajstić information content (AvgIpc) is 3.08. The molecular formula is C43H64O7Si. The van der Waals surface area contributed by atoms with Crippen LogP contribution < -0.4 is 4.74 Å². The van der Waals surface area contributed by atoms with E-state index in [0.29, 0.717) is 32.5 Å². The Morgan fingerprint density at radius 1 is 1.16 bits per heavy atom. The summed E-state index contributed by atoms with van der Waals surface area (Å²) in [5.41, 5.74) is 3.38. The molecule has 282 valence electrons. The van der Waals surface area contributed by atoms with Crippen LogP contribution in [0.4, 0.5) is 0 Å². The summed E-state index contributed by atoms with van der Waals surface area (Å²) in [6.45, 7) is 18.7. The van der Waals surface area contributed by atoms with E-state index in [1.54, 1.807) is 14.2 Å². The van der Waals surface area contributed by atoms with Crippen LogP contribution in [0.25, 0.3) is 0 Å². The van der Waals surface area contributed by atoms with E-state index in [1.807, 2.05) is 48.6 Å². The van der Waals surface area contributed by atoms with Crippen molar-refractivity contribution in [3.05, 3.63) is 90.1 Å². The third kappa shape index (κ3) is 14.7. The molecule has 0 spiro atoms. The fourth-order valence-corrected chi connectivity index (χ4v) is 7.16. The number of aliphatic hydroxyl groups excluding tert-OH is 1. The predicted octanol–water partition coefficient (Wildman–Crippen LogP) is 9.05. The molecule has 51 heavy (non-hydrogen) atoms. The minimum atomic E-state index is -2.19. The van der Waals surface area contributed by atoms with Gasteiger partial charge in [-0.25, -0.2) is 0 Å². The van der Waals surface area contributed by atoms with Gasteiger partial charge >= 0.3 is 0 Å². The van der Waals surface area contributed by atoms with Gasteiger partial charge in [0, 0.05) is 13.5 Å². The number of methoxy groups -OCH3 is 2. The van der Waals surface area contributed by atoms with Crippen molar-refractivity contribution >= 4 is 8.32 Å². The van der Waals surface area contributed by atoms with Crippen LogP contribution in [-0.4, -0.2) is 77.0 Å². The second-order valence-corrected chi connectivity index (χ2v) is 20.1. The van der Waals surface area contributed by atoms with Crippen molar-refractivity contribution in [3.63, 3.8) is 0 Å². The van der Waals surface area contributed by atoms with Crippen molar-refractivity contribution < 1.29 is 33.2 Å². The van der Waals surface area contributed by atoms with E-state index in [9.17, 15) is 5.11 Å². The van der Waals surface area contributed by atoms with E-state index in [2.05, 4.69) is 71.5 Å². The van der Waals surface area contributed by atoms with Gasteiger partial charge in [0.05, 0.1) is 56.9 Å². The van der Waals surface area contributed by atoms with Crippen molar-refractivity contribution in [3.8, 4) is 18.1 Å². The molecule has 7 unspecified atom stereocenters. The number of hydrogen-bond donors (Lipinski definition) is 1. The van der Waals surface area contributed by atoms with E-state index in [0.717, 1.165) is 42.6 Å². The van der Waals surface area contributed by atoms with Gasteiger partial charge in [0.1, 0.15) is 11.9 Å². The lowest BCUT2D eigenvalue weighted by molar-refractivity contribution is -0.0721. The van der Waals surface area contributed by atoms with Crippen molar-refractivity contribution in [2.75, 3.05) is 20.8 Å². The molecule has 0 saturated carbocycles. The molecule has 7 atom stereocenters. The molecule has 1 N–H and O–H groups in total. The second kappa shape index (κ2) is 21.1. The molecule has 8 heteroatoms. The molecule has 0 saturated heterocycles. The Bertz CT molecular complexity index is 1360. The highest BCUT2D eigenvalue weighted by molar-refractivity contribution is 6.74. The molecule has 2 aliphatic rings. The smallest absolute Gasteiger partial charge is 0.193 e. The maximum absolute atomic E-state index is 11.0. The molecule has 0 aromatic heterocycles. The van der Waals surface area contributed by atoms with Crippen molar-refractivity contribution in [2.45, 2.75) is 140 Å². The summed E-state index contributed by atoms with van der Waals surface area (Å²) in [4.78, 5) is 0. The maximum Gasteiger partial charge on any atom is 0.193 e. The summed E-state index contributed by atoms with van der Waals surface area (Å²) in [6.07, 6.45) is 23.3. The molecule has 0 fully saturated rings. The second-order valence-electron chi connectivity index (χ2n) is 15.3. The van der Waals surface area contributed by atoms with Crippen LogP contribution in [0.1, 0.15) is 78.2 Å². The highest BCUT2D eigenvalue weighted by Crippen LogP contribution is 2.38. The number of terminal acetylenes is 1. The molecule has 0 radical (unpaired) electrons. The molecule has 3 rings (SSSR count). The van der Waals surface area contributed by atoms with Gasteiger partial charge < -0.3 is 33.2 Å². The van der Waals surface area contributed by atoms with E-state index >= 15 is 0 Å². The quantitative estimate of drug-likeness (QED) is 0.0819. The third-order valence-corrected chi connectivity index (χ3v) is 14.5. The molecule has 0 aliphatic carbocycles. The molecular weight excluding hydrogens is 657 g/mol. The first-order valence-corrected chi connectivity index (χ1v) is 21.3. The van der Waals surface area contributed by atoms with E-state index in [4.69, 9.17) is 34.5 Å². The first-order valence-electron chi connectivity index (χ1n) is 18.4. The molecule has 1 aromatic carbocycles. The first kappa shape index (κ1) is 42.7. The highest BCUT2D eigenvalue weighted by atomic mass is 28.4.